The van der Waals surface area contributed by atoms with Gasteiger partial charge in [0.25, 0.3) is 5.56 Å². The Balaban J connectivity index is 0.993. The summed E-state index contributed by atoms with van der Waals surface area (Å²) in [5, 5.41) is 39.9. The number of fused-ring (bicyclic) bond motifs is 6. The van der Waals surface area contributed by atoms with E-state index in [0.29, 0.717) is 53.3 Å². The third-order valence-corrected chi connectivity index (χ3v) is 11.7. The van der Waals surface area contributed by atoms with Crippen LogP contribution in [0.3, 0.4) is 0 Å². The third kappa shape index (κ3) is 5.59. The van der Waals surface area contributed by atoms with E-state index in [4.69, 9.17) is 14.5 Å². The van der Waals surface area contributed by atoms with E-state index in [1.54, 1.807) is 52.8 Å². The molecule has 0 radical (unpaired) electrons. The van der Waals surface area contributed by atoms with Crippen molar-refractivity contribution in [2.24, 2.45) is 0 Å². The van der Waals surface area contributed by atoms with Gasteiger partial charge in [0.05, 0.1) is 40.3 Å². The van der Waals surface area contributed by atoms with E-state index in [9.17, 15) is 34.5 Å². The number of hydrogen-bond acceptors (Lipinski definition) is 11. The van der Waals surface area contributed by atoms with Crippen LogP contribution in [0.4, 0.5) is 4.79 Å². The molecule has 3 aromatic carbocycles. The Kier molecular flexibility index (Phi) is 8.54. The first-order chi connectivity index (χ1) is 27.8. The van der Waals surface area contributed by atoms with Gasteiger partial charge in [0.2, 0.25) is 0 Å². The number of cyclic esters (lactones) is 1. The number of benzene rings is 3. The van der Waals surface area contributed by atoms with Crippen LogP contribution in [-0.4, -0.2) is 63.1 Å². The Morgan fingerprint density at radius 2 is 1.79 bits per heavy atom. The Morgan fingerprint density at radius 1 is 0.983 bits per heavy atom. The minimum atomic E-state index is -1.92. The minimum absolute atomic E-state index is 0.0490. The van der Waals surface area contributed by atoms with Crippen LogP contribution in [0.15, 0.2) is 64.2 Å². The van der Waals surface area contributed by atoms with Crippen LogP contribution in [0.5, 0.6) is 17.2 Å². The van der Waals surface area contributed by atoms with Crippen LogP contribution >= 0.6 is 0 Å². The van der Waals surface area contributed by atoms with Gasteiger partial charge in [-0.05, 0) is 89.9 Å². The van der Waals surface area contributed by atoms with Crippen molar-refractivity contribution < 1.29 is 34.4 Å². The number of rotatable bonds is 6. The van der Waals surface area contributed by atoms with Crippen molar-refractivity contribution in [1.82, 2.24) is 29.2 Å². The highest BCUT2D eigenvalue weighted by molar-refractivity contribution is 5.90. The standard InChI is InChI=1S/C43H40N6O9/c1-5-26-28-14-25(9-10-33(28)44-37-30(26)19-48-34(37)16-32-31(39(48)52)20-57-40(53)43(32,56)6-2)58-42(55)47-12-11-22-7-8-24(13-23(22)18-47)49-38(45-46-41(49)54)29-15-27(21(3)4)35(50)17-36(29)51/h7-10,13-17,21,50-51,56H,5-6,11-12,18-20H2,1-4H3,(H,46,54). The number of hydrogen-bond donors (Lipinski definition) is 4. The van der Waals surface area contributed by atoms with Crippen molar-refractivity contribution in [3.05, 3.63) is 114 Å². The molecule has 0 spiro atoms. The lowest BCUT2D eigenvalue weighted by Gasteiger charge is -2.31. The van der Waals surface area contributed by atoms with Crippen LogP contribution in [0.1, 0.15) is 79.0 Å². The van der Waals surface area contributed by atoms with E-state index in [2.05, 4.69) is 10.2 Å². The lowest BCUT2D eigenvalue weighted by Crippen LogP contribution is -2.44. The maximum Gasteiger partial charge on any atom is 0.415 e. The highest BCUT2D eigenvalue weighted by Gasteiger charge is 2.45. The Bertz CT molecular complexity index is 2870. The summed E-state index contributed by atoms with van der Waals surface area (Å²) in [5.74, 6) is -0.622. The van der Waals surface area contributed by atoms with E-state index in [0.717, 1.165) is 27.6 Å². The van der Waals surface area contributed by atoms with Crippen molar-refractivity contribution in [2.45, 2.75) is 78.2 Å². The highest BCUT2D eigenvalue weighted by atomic mass is 16.6. The molecule has 58 heavy (non-hydrogen) atoms. The molecule has 296 valence electrons. The molecule has 3 aliphatic heterocycles. The van der Waals surface area contributed by atoms with Crippen molar-refractivity contribution in [3.8, 4) is 45.7 Å². The lowest BCUT2D eigenvalue weighted by atomic mass is 9.86. The van der Waals surface area contributed by atoms with Crippen LogP contribution in [-0.2, 0) is 47.7 Å². The number of amides is 1. The fourth-order valence-electron chi connectivity index (χ4n) is 8.56. The molecule has 0 saturated carbocycles. The second-order valence-electron chi connectivity index (χ2n) is 15.3. The SMILES string of the molecule is CCc1c2c(nc3ccc(OC(=O)N4CCc5ccc(-n6c(-c7cc(C(C)C)c(O)cc7O)n[nH]c6=O)cc5C4)cc13)-c1cc3c(c(=O)n1C2)COC(=O)C3(O)CC. The second-order valence-corrected chi connectivity index (χ2v) is 15.3. The number of H-pyrrole nitrogens is 1. The second kappa shape index (κ2) is 13.4. The van der Waals surface area contributed by atoms with E-state index < -0.39 is 23.4 Å². The molecule has 0 saturated heterocycles. The van der Waals surface area contributed by atoms with E-state index >= 15 is 0 Å². The number of carbonyl (C=O) groups excluding carboxylic acids is 2. The number of aliphatic hydroxyl groups is 1. The average molecular weight is 785 g/mol. The molecule has 6 heterocycles. The van der Waals surface area contributed by atoms with Gasteiger partial charge in [0, 0.05) is 35.7 Å². The molecule has 0 fully saturated rings. The van der Waals surface area contributed by atoms with Crippen LogP contribution in [0.25, 0.3) is 39.4 Å². The Labute approximate surface area is 330 Å². The van der Waals surface area contributed by atoms with Crippen LogP contribution < -0.4 is 16.0 Å². The van der Waals surface area contributed by atoms with Crippen molar-refractivity contribution >= 4 is 23.0 Å². The molecular weight excluding hydrogens is 745 g/mol. The molecule has 4 N–H and O–H groups in total. The number of aryl methyl sites for hydroxylation is 1. The molecular formula is C43H40N6O9. The zero-order chi connectivity index (χ0) is 40.8. The molecule has 1 amide bonds. The summed E-state index contributed by atoms with van der Waals surface area (Å²) >= 11 is 0. The first kappa shape index (κ1) is 36.9. The molecule has 1 unspecified atom stereocenters. The fourth-order valence-corrected chi connectivity index (χ4v) is 8.56. The lowest BCUT2D eigenvalue weighted by molar-refractivity contribution is -0.172. The summed E-state index contributed by atoms with van der Waals surface area (Å²) in [4.78, 5) is 59.7. The number of esters is 1. The number of ether oxygens (including phenoxy) is 2. The fraction of sp³-hybridized carbons (Fsp3) is 0.302. The molecule has 15 heteroatoms. The van der Waals surface area contributed by atoms with Gasteiger partial charge >= 0.3 is 17.8 Å². The van der Waals surface area contributed by atoms with E-state index in [-0.39, 0.29) is 71.6 Å². The molecule has 6 aromatic rings. The predicted molar refractivity (Wildman–Crippen MR) is 211 cm³/mol. The molecule has 3 aliphatic rings. The normalized spacial score (nSPS) is 16.9. The van der Waals surface area contributed by atoms with Gasteiger partial charge in [-0.25, -0.2) is 29.0 Å². The largest absolute Gasteiger partial charge is 0.508 e. The van der Waals surface area contributed by atoms with Crippen molar-refractivity contribution in [1.29, 1.82) is 0 Å². The summed E-state index contributed by atoms with van der Waals surface area (Å²) < 4.78 is 14.1. The van der Waals surface area contributed by atoms with Gasteiger partial charge in [-0.3, -0.25) is 4.79 Å². The Hall–Kier alpha value is -6.74. The maximum absolute atomic E-state index is 13.7. The number of aromatic nitrogens is 5. The maximum atomic E-state index is 13.7. The highest BCUT2D eigenvalue weighted by Crippen LogP contribution is 2.41. The average Bonchev–Trinajstić information content (AvgIpc) is 3.78. The topological polar surface area (TPSA) is 202 Å². The number of pyridine rings is 2. The molecule has 0 bridgehead atoms. The summed E-state index contributed by atoms with van der Waals surface area (Å²) in [5.41, 5.74) is 4.44. The van der Waals surface area contributed by atoms with Gasteiger partial charge in [-0.15, -0.1) is 0 Å². The van der Waals surface area contributed by atoms with Gasteiger partial charge in [-0.1, -0.05) is 33.8 Å². The minimum Gasteiger partial charge on any atom is -0.508 e. The summed E-state index contributed by atoms with van der Waals surface area (Å²) in [7, 11) is 0. The van der Waals surface area contributed by atoms with Crippen molar-refractivity contribution in [2.75, 3.05) is 6.54 Å². The summed E-state index contributed by atoms with van der Waals surface area (Å²) in [6, 6.07) is 15.3. The number of phenols is 2. The van der Waals surface area contributed by atoms with Crippen LogP contribution in [0.2, 0.25) is 0 Å². The summed E-state index contributed by atoms with van der Waals surface area (Å²) in [6.07, 6.45) is 0.651. The molecule has 9 rings (SSSR count). The smallest absolute Gasteiger partial charge is 0.415 e. The number of aromatic amines is 1. The number of carbonyl (C=O) groups is 2. The van der Waals surface area contributed by atoms with Gasteiger partial charge < -0.3 is 34.3 Å². The molecule has 1 atom stereocenters. The van der Waals surface area contributed by atoms with Crippen molar-refractivity contribution in [3.63, 3.8) is 0 Å². The molecule has 15 nitrogen and oxygen atoms in total. The molecule has 3 aromatic heterocycles. The Morgan fingerprint density at radius 3 is 2.55 bits per heavy atom. The quantitative estimate of drug-likeness (QED) is 0.160. The monoisotopic (exact) mass is 784 g/mol. The number of phenolic OH excluding ortho intramolecular Hbond substituents is 2. The number of nitrogens with one attached hydrogen (secondary N) is 1. The zero-order valence-corrected chi connectivity index (χ0v) is 32.3. The molecule has 0 aliphatic carbocycles. The van der Waals surface area contributed by atoms with Gasteiger partial charge in [0.1, 0.15) is 23.9 Å². The van der Waals surface area contributed by atoms with Gasteiger partial charge in [0.15, 0.2) is 11.4 Å². The first-order valence-corrected chi connectivity index (χ1v) is 19.3. The van der Waals surface area contributed by atoms with Crippen LogP contribution in [0, 0.1) is 0 Å². The predicted octanol–water partition coefficient (Wildman–Crippen LogP) is 5.27. The first-order valence-electron chi connectivity index (χ1n) is 19.3. The van der Waals surface area contributed by atoms with E-state index in [1.807, 2.05) is 32.9 Å². The number of aromatic hydroxyl groups is 2. The number of nitrogens with zero attached hydrogens (tertiary/aromatic N) is 5. The summed E-state index contributed by atoms with van der Waals surface area (Å²) in [6.45, 7) is 8.15. The zero-order valence-electron chi connectivity index (χ0n) is 32.3. The third-order valence-electron chi connectivity index (χ3n) is 11.7. The van der Waals surface area contributed by atoms with E-state index in [1.165, 1.54) is 10.6 Å². The van der Waals surface area contributed by atoms with Gasteiger partial charge in [-0.2, -0.15) is 5.10 Å².